The fourth-order valence-electron chi connectivity index (χ4n) is 3.79. The number of benzene rings is 3. The van der Waals surface area contributed by atoms with Crippen molar-refractivity contribution in [2.75, 3.05) is 5.75 Å². The normalized spacial score (nSPS) is 13.7. The molecule has 0 saturated carbocycles. The van der Waals surface area contributed by atoms with Gasteiger partial charge in [-0.3, -0.25) is 0 Å². The molecule has 0 aliphatic carbocycles. The lowest BCUT2D eigenvalue weighted by atomic mass is 10.0. The Kier molecular flexibility index (Phi) is 6.76. The smallest absolute Gasteiger partial charge is 0.211 e. The average molecular weight is 468 g/mol. The molecular formula is C25H26FN3O3S. The summed E-state index contributed by atoms with van der Waals surface area (Å²) in [6.45, 7) is 3.63. The molecule has 4 aromatic rings. The number of rotatable bonds is 9. The van der Waals surface area contributed by atoms with E-state index in [9.17, 15) is 12.8 Å². The van der Waals surface area contributed by atoms with Crippen molar-refractivity contribution >= 4 is 20.9 Å². The Morgan fingerprint density at radius 1 is 1.06 bits per heavy atom. The van der Waals surface area contributed by atoms with Gasteiger partial charge in [-0.15, -0.1) is 0 Å². The fraction of sp³-hybridized carbons (Fsp3) is 0.240. The molecular weight excluding hydrogens is 441 g/mol. The van der Waals surface area contributed by atoms with Gasteiger partial charge in [0.1, 0.15) is 17.7 Å². The summed E-state index contributed by atoms with van der Waals surface area (Å²) in [5.74, 6) is 0.353. The minimum atomic E-state index is -3.41. The lowest BCUT2D eigenvalue weighted by molar-refractivity contribution is 0.173. The van der Waals surface area contributed by atoms with E-state index in [-0.39, 0.29) is 11.6 Å². The van der Waals surface area contributed by atoms with Crippen LogP contribution in [0, 0.1) is 5.82 Å². The van der Waals surface area contributed by atoms with Crippen LogP contribution in [0.15, 0.2) is 79.0 Å². The van der Waals surface area contributed by atoms with Gasteiger partial charge >= 0.3 is 0 Å². The molecule has 0 spiro atoms. The number of sulfonamides is 1. The number of aromatic nitrogens is 2. The molecule has 0 aliphatic heterocycles. The Morgan fingerprint density at radius 3 is 2.48 bits per heavy atom. The second-order valence-corrected chi connectivity index (χ2v) is 9.80. The lowest BCUT2D eigenvalue weighted by Crippen LogP contribution is -2.40. The van der Waals surface area contributed by atoms with Crippen LogP contribution in [0.4, 0.5) is 4.39 Å². The van der Waals surface area contributed by atoms with E-state index in [1.165, 1.54) is 12.1 Å². The van der Waals surface area contributed by atoms with Gasteiger partial charge in [0.25, 0.3) is 0 Å². The third-order valence-corrected chi connectivity index (χ3v) is 6.97. The zero-order valence-electron chi connectivity index (χ0n) is 18.5. The Morgan fingerprint density at radius 2 is 1.79 bits per heavy atom. The maximum atomic E-state index is 13.3. The van der Waals surface area contributed by atoms with Gasteiger partial charge in [0, 0.05) is 5.39 Å². The molecule has 0 saturated heterocycles. The molecule has 1 N–H and O–H groups in total. The van der Waals surface area contributed by atoms with Crippen molar-refractivity contribution in [1.82, 2.24) is 14.5 Å². The van der Waals surface area contributed by atoms with Crippen LogP contribution in [0.3, 0.4) is 0 Å². The number of hydrogen-bond acceptors (Lipinski definition) is 4. The summed E-state index contributed by atoms with van der Waals surface area (Å²) in [7, 11) is -3.41. The predicted octanol–water partition coefficient (Wildman–Crippen LogP) is 5.00. The fourth-order valence-corrected chi connectivity index (χ4v) is 5.14. The summed E-state index contributed by atoms with van der Waals surface area (Å²) >= 11 is 0. The van der Waals surface area contributed by atoms with E-state index in [1.807, 2.05) is 55.5 Å². The SMILES string of the molecule is CCCS(=O)(=O)NC(C)C(Oc1ccc2c(cnn2-c2ccc(F)cc2)c1)c1ccccc1. The van der Waals surface area contributed by atoms with Gasteiger partial charge in [0.05, 0.1) is 29.2 Å². The van der Waals surface area contributed by atoms with Gasteiger partial charge in [-0.25, -0.2) is 22.2 Å². The molecule has 4 rings (SSSR count). The molecule has 2 unspecified atom stereocenters. The van der Waals surface area contributed by atoms with Crippen LogP contribution in [-0.4, -0.2) is 30.0 Å². The first kappa shape index (κ1) is 22.9. The molecule has 1 heterocycles. The highest BCUT2D eigenvalue weighted by Gasteiger charge is 2.25. The highest BCUT2D eigenvalue weighted by Crippen LogP contribution is 2.29. The van der Waals surface area contributed by atoms with Crippen molar-refractivity contribution in [3.63, 3.8) is 0 Å². The van der Waals surface area contributed by atoms with E-state index in [1.54, 1.807) is 29.9 Å². The highest BCUT2D eigenvalue weighted by atomic mass is 32.2. The highest BCUT2D eigenvalue weighted by molar-refractivity contribution is 7.89. The molecule has 2 atom stereocenters. The lowest BCUT2D eigenvalue weighted by Gasteiger charge is -2.26. The number of hydrogen-bond donors (Lipinski definition) is 1. The summed E-state index contributed by atoms with van der Waals surface area (Å²) in [4.78, 5) is 0. The summed E-state index contributed by atoms with van der Waals surface area (Å²) in [5.41, 5.74) is 2.47. The monoisotopic (exact) mass is 467 g/mol. The molecule has 33 heavy (non-hydrogen) atoms. The summed E-state index contributed by atoms with van der Waals surface area (Å²) in [6.07, 6.45) is 1.73. The Bertz CT molecular complexity index is 1320. The predicted molar refractivity (Wildman–Crippen MR) is 128 cm³/mol. The zero-order chi connectivity index (χ0) is 23.4. The number of halogens is 1. The topological polar surface area (TPSA) is 73.2 Å². The number of fused-ring (bicyclic) bond motifs is 1. The first-order chi connectivity index (χ1) is 15.9. The van der Waals surface area contributed by atoms with Gasteiger partial charge in [0.15, 0.2) is 0 Å². The largest absolute Gasteiger partial charge is 0.484 e. The third kappa shape index (κ3) is 5.40. The standard InChI is InChI=1S/C25H26FN3O3S/c1-3-15-33(30,31)28-18(2)25(19-7-5-4-6-8-19)32-23-13-14-24-20(16-23)17-27-29(24)22-11-9-21(26)10-12-22/h4-14,16-18,25,28H,3,15H2,1-2H3. The molecule has 0 fully saturated rings. The molecule has 172 valence electrons. The van der Waals surface area contributed by atoms with Crippen LogP contribution in [0.25, 0.3) is 16.6 Å². The van der Waals surface area contributed by atoms with E-state index in [0.717, 1.165) is 22.2 Å². The maximum absolute atomic E-state index is 13.3. The van der Waals surface area contributed by atoms with Gasteiger partial charge < -0.3 is 4.74 Å². The number of nitrogens with zero attached hydrogens (tertiary/aromatic N) is 2. The van der Waals surface area contributed by atoms with Crippen LogP contribution in [0.1, 0.15) is 31.9 Å². The third-order valence-electron chi connectivity index (χ3n) is 5.29. The Hall–Kier alpha value is -3.23. The molecule has 6 nitrogen and oxygen atoms in total. The van der Waals surface area contributed by atoms with Crippen molar-refractivity contribution in [3.8, 4) is 11.4 Å². The Balaban J connectivity index is 1.63. The quantitative estimate of drug-likeness (QED) is 0.376. The van der Waals surface area contributed by atoms with Crippen molar-refractivity contribution in [1.29, 1.82) is 0 Å². The van der Waals surface area contributed by atoms with Crippen LogP contribution in [-0.2, 0) is 10.0 Å². The molecule has 0 bridgehead atoms. The van der Waals surface area contributed by atoms with E-state index < -0.39 is 22.2 Å². The minimum Gasteiger partial charge on any atom is -0.484 e. The van der Waals surface area contributed by atoms with Gasteiger partial charge in [-0.05, 0) is 61.4 Å². The number of nitrogens with one attached hydrogen (secondary N) is 1. The average Bonchev–Trinajstić information content (AvgIpc) is 3.21. The van der Waals surface area contributed by atoms with Crippen molar-refractivity contribution in [2.24, 2.45) is 0 Å². The van der Waals surface area contributed by atoms with Crippen LogP contribution < -0.4 is 9.46 Å². The first-order valence-corrected chi connectivity index (χ1v) is 12.5. The van der Waals surface area contributed by atoms with E-state index >= 15 is 0 Å². The van der Waals surface area contributed by atoms with Crippen LogP contribution in [0.2, 0.25) is 0 Å². The molecule has 0 amide bonds. The van der Waals surface area contributed by atoms with E-state index in [0.29, 0.717) is 12.2 Å². The maximum Gasteiger partial charge on any atom is 0.211 e. The molecule has 0 radical (unpaired) electrons. The Labute approximate surface area is 193 Å². The van der Waals surface area contributed by atoms with Gasteiger partial charge in [-0.1, -0.05) is 37.3 Å². The summed E-state index contributed by atoms with van der Waals surface area (Å²) < 4.78 is 48.8. The van der Waals surface area contributed by atoms with Crippen molar-refractivity contribution in [2.45, 2.75) is 32.4 Å². The number of ether oxygens (including phenoxy) is 1. The van der Waals surface area contributed by atoms with E-state index in [4.69, 9.17) is 4.74 Å². The molecule has 1 aromatic heterocycles. The van der Waals surface area contributed by atoms with Crippen molar-refractivity contribution < 1.29 is 17.5 Å². The summed E-state index contributed by atoms with van der Waals surface area (Å²) in [5, 5.41) is 5.27. The molecule has 8 heteroatoms. The molecule has 0 aliphatic rings. The van der Waals surface area contributed by atoms with Gasteiger partial charge in [0.2, 0.25) is 10.0 Å². The zero-order valence-corrected chi connectivity index (χ0v) is 19.3. The molecule has 3 aromatic carbocycles. The first-order valence-electron chi connectivity index (χ1n) is 10.8. The second kappa shape index (κ2) is 9.72. The van der Waals surface area contributed by atoms with Crippen molar-refractivity contribution in [3.05, 3.63) is 90.4 Å². The van der Waals surface area contributed by atoms with E-state index in [2.05, 4.69) is 9.82 Å². The second-order valence-electron chi connectivity index (χ2n) is 7.93. The van der Waals surface area contributed by atoms with Crippen LogP contribution >= 0.6 is 0 Å². The van der Waals surface area contributed by atoms with Crippen LogP contribution in [0.5, 0.6) is 5.75 Å². The minimum absolute atomic E-state index is 0.0629. The van der Waals surface area contributed by atoms with Gasteiger partial charge in [-0.2, -0.15) is 5.10 Å². The summed E-state index contributed by atoms with van der Waals surface area (Å²) in [6, 6.07) is 20.8.